The first-order valence-corrected chi connectivity index (χ1v) is 8.98. The molecule has 3 rings (SSSR count). The van der Waals surface area contributed by atoms with Crippen LogP contribution >= 0.6 is 11.3 Å². The number of nitrogens with two attached hydrogens (primary N) is 1. The minimum Gasteiger partial charge on any atom is -0.397 e. The van der Waals surface area contributed by atoms with E-state index in [9.17, 15) is 17.6 Å². The first kappa shape index (κ1) is 14.3. The molecule has 1 aromatic heterocycles. The van der Waals surface area contributed by atoms with E-state index in [2.05, 4.69) is 5.32 Å². The lowest BCUT2D eigenvalue weighted by Crippen LogP contribution is -2.35. The van der Waals surface area contributed by atoms with Crippen molar-refractivity contribution in [2.24, 2.45) is 0 Å². The number of sulfone groups is 1. The summed E-state index contributed by atoms with van der Waals surface area (Å²) in [5.41, 5.74) is 6.13. The Labute approximate surface area is 124 Å². The molecule has 5 nitrogen and oxygen atoms in total. The predicted molar refractivity (Wildman–Crippen MR) is 80.7 cm³/mol. The minimum absolute atomic E-state index is 0.0435. The molecule has 1 aliphatic heterocycles. The molecule has 2 heterocycles. The standard InChI is InChI=1S/C13H13FN2O3S2/c14-7-1-2-10-9(5-7)11(15)12(20-10)13(17)16-8-3-4-21(18,19)6-8/h1-2,5,8H,3-4,6,15H2,(H,16,17). The van der Waals surface area contributed by atoms with Gasteiger partial charge in [-0.15, -0.1) is 11.3 Å². The number of hydrogen-bond acceptors (Lipinski definition) is 5. The number of carbonyl (C=O) groups excluding carboxylic acids is 1. The molecule has 1 fully saturated rings. The van der Waals surface area contributed by atoms with Crippen molar-refractivity contribution in [2.75, 3.05) is 17.2 Å². The van der Waals surface area contributed by atoms with Gasteiger partial charge in [0, 0.05) is 16.1 Å². The molecule has 112 valence electrons. The second-order valence-electron chi connectivity index (χ2n) is 5.06. The fraction of sp³-hybridized carbons (Fsp3) is 0.308. The minimum atomic E-state index is -3.06. The third-order valence-electron chi connectivity index (χ3n) is 3.46. The van der Waals surface area contributed by atoms with Crippen molar-refractivity contribution in [3.8, 4) is 0 Å². The van der Waals surface area contributed by atoms with Crippen LogP contribution in [-0.4, -0.2) is 31.9 Å². The summed E-state index contributed by atoms with van der Waals surface area (Å²) < 4.78 is 36.7. The van der Waals surface area contributed by atoms with Gasteiger partial charge in [-0.25, -0.2) is 12.8 Å². The number of thiophene rings is 1. The number of nitrogen functional groups attached to an aromatic ring is 1. The number of amides is 1. The molecule has 8 heteroatoms. The van der Waals surface area contributed by atoms with E-state index in [1.54, 1.807) is 6.07 Å². The maximum atomic E-state index is 13.2. The van der Waals surface area contributed by atoms with E-state index in [4.69, 9.17) is 5.73 Å². The van der Waals surface area contributed by atoms with Crippen molar-refractivity contribution in [1.82, 2.24) is 5.32 Å². The summed E-state index contributed by atoms with van der Waals surface area (Å²) in [5, 5.41) is 3.19. The first-order chi connectivity index (χ1) is 9.85. The maximum absolute atomic E-state index is 13.2. The Bertz CT molecular complexity index is 829. The molecule has 1 aliphatic rings. The Balaban J connectivity index is 1.87. The average molecular weight is 328 g/mol. The van der Waals surface area contributed by atoms with Gasteiger partial charge in [-0.1, -0.05) is 0 Å². The highest BCUT2D eigenvalue weighted by Gasteiger charge is 2.30. The van der Waals surface area contributed by atoms with E-state index in [0.717, 1.165) is 4.70 Å². The largest absolute Gasteiger partial charge is 0.397 e. The van der Waals surface area contributed by atoms with E-state index in [0.29, 0.717) is 16.7 Å². The van der Waals surface area contributed by atoms with Crippen molar-refractivity contribution in [2.45, 2.75) is 12.5 Å². The van der Waals surface area contributed by atoms with Crippen LogP contribution in [0, 0.1) is 5.82 Å². The third kappa shape index (κ3) is 2.73. The number of fused-ring (bicyclic) bond motifs is 1. The van der Waals surface area contributed by atoms with Crippen molar-refractivity contribution in [3.63, 3.8) is 0 Å². The number of benzene rings is 1. The Kier molecular flexibility index (Phi) is 3.37. The number of nitrogens with one attached hydrogen (secondary N) is 1. The van der Waals surface area contributed by atoms with Gasteiger partial charge in [0.15, 0.2) is 9.84 Å². The van der Waals surface area contributed by atoms with Crippen LogP contribution in [-0.2, 0) is 9.84 Å². The highest BCUT2D eigenvalue weighted by Crippen LogP contribution is 2.34. The molecule has 0 radical (unpaired) electrons. The van der Waals surface area contributed by atoms with Crippen LogP contribution in [0.15, 0.2) is 18.2 Å². The van der Waals surface area contributed by atoms with Gasteiger partial charge in [-0.05, 0) is 24.6 Å². The second kappa shape index (κ2) is 4.96. The Morgan fingerprint density at radius 1 is 1.43 bits per heavy atom. The summed E-state index contributed by atoms with van der Waals surface area (Å²) in [4.78, 5) is 12.5. The van der Waals surface area contributed by atoms with Crippen LogP contribution in [0.3, 0.4) is 0 Å². The summed E-state index contributed by atoms with van der Waals surface area (Å²) in [6, 6.07) is 3.79. The Morgan fingerprint density at radius 3 is 2.86 bits per heavy atom. The molecule has 0 aliphatic carbocycles. The summed E-state index contributed by atoms with van der Waals surface area (Å²) in [5.74, 6) is -0.777. The van der Waals surface area contributed by atoms with Gasteiger partial charge in [0.2, 0.25) is 0 Å². The molecule has 3 N–H and O–H groups in total. The van der Waals surface area contributed by atoms with Crippen LogP contribution in [0.5, 0.6) is 0 Å². The normalized spacial score (nSPS) is 20.7. The van der Waals surface area contributed by atoms with Gasteiger partial charge in [0.25, 0.3) is 5.91 Å². The SMILES string of the molecule is Nc1c(C(=O)NC2CCS(=O)(=O)C2)sc2ccc(F)cc12. The van der Waals surface area contributed by atoms with Crippen molar-refractivity contribution in [3.05, 3.63) is 28.9 Å². The van der Waals surface area contributed by atoms with Gasteiger partial charge in [-0.2, -0.15) is 0 Å². The molecule has 2 aromatic rings. The summed E-state index contributed by atoms with van der Waals surface area (Å²) >= 11 is 1.17. The van der Waals surface area contributed by atoms with Crippen molar-refractivity contribution in [1.29, 1.82) is 0 Å². The first-order valence-electron chi connectivity index (χ1n) is 6.34. The third-order valence-corrected chi connectivity index (χ3v) is 6.42. The molecule has 1 aromatic carbocycles. The summed E-state index contributed by atoms with van der Waals surface area (Å²) in [6.45, 7) is 0. The lowest BCUT2D eigenvalue weighted by atomic mass is 10.2. The molecule has 1 atom stereocenters. The number of hydrogen-bond donors (Lipinski definition) is 2. The summed E-state index contributed by atoms with van der Waals surface area (Å²) in [7, 11) is -3.06. The topological polar surface area (TPSA) is 89.3 Å². The van der Waals surface area contributed by atoms with E-state index in [1.807, 2.05) is 0 Å². The Hall–Kier alpha value is -1.67. The molecular weight excluding hydrogens is 315 g/mol. The molecule has 1 saturated heterocycles. The van der Waals surface area contributed by atoms with Crippen LogP contribution in [0.2, 0.25) is 0 Å². The fourth-order valence-corrected chi connectivity index (χ4v) is 5.10. The zero-order valence-corrected chi connectivity index (χ0v) is 12.6. The number of halogens is 1. The van der Waals surface area contributed by atoms with Gasteiger partial charge >= 0.3 is 0 Å². The lowest BCUT2D eigenvalue weighted by Gasteiger charge is -2.09. The van der Waals surface area contributed by atoms with Gasteiger partial charge < -0.3 is 11.1 Å². The van der Waals surface area contributed by atoms with Gasteiger partial charge in [-0.3, -0.25) is 4.79 Å². The molecule has 21 heavy (non-hydrogen) atoms. The fourth-order valence-electron chi connectivity index (χ4n) is 2.42. The van der Waals surface area contributed by atoms with E-state index < -0.39 is 21.6 Å². The second-order valence-corrected chi connectivity index (χ2v) is 8.34. The quantitative estimate of drug-likeness (QED) is 0.875. The maximum Gasteiger partial charge on any atom is 0.263 e. The smallest absolute Gasteiger partial charge is 0.263 e. The van der Waals surface area contributed by atoms with Crippen LogP contribution in [0.25, 0.3) is 10.1 Å². The molecule has 1 amide bonds. The highest BCUT2D eigenvalue weighted by atomic mass is 32.2. The van der Waals surface area contributed by atoms with Crippen LogP contribution in [0.1, 0.15) is 16.1 Å². The van der Waals surface area contributed by atoms with Crippen molar-refractivity contribution < 1.29 is 17.6 Å². The average Bonchev–Trinajstić information content (AvgIpc) is 2.90. The predicted octanol–water partition coefficient (Wildman–Crippen LogP) is 1.54. The molecular formula is C13H13FN2O3S2. The highest BCUT2D eigenvalue weighted by molar-refractivity contribution is 7.91. The number of rotatable bonds is 2. The monoisotopic (exact) mass is 328 g/mol. The molecule has 1 unspecified atom stereocenters. The lowest BCUT2D eigenvalue weighted by molar-refractivity contribution is 0.0946. The number of carbonyl (C=O) groups is 1. The van der Waals surface area contributed by atoms with Crippen LogP contribution < -0.4 is 11.1 Å². The van der Waals surface area contributed by atoms with Crippen LogP contribution in [0.4, 0.5) is 10.1 Å². The number of anilines is 1. The Morgan fingerprint density at radius 2 is 2.19 bits per heavy atom. The van der Waals surface area contributed by atoms with Gasteiger partial charge in [0.05, 0.1) is 17.2 Å². The summed E-state index contributed by atoms with van der Waals surface area (Å²) in [6.07, 6.45) is 0.410. The van der Waals surface area contributed by atoms with E-state index >= 15 is 0 Å². The molecule has 0 bridgehead atoms. The van der Waals surface area contributed by atoms with E-state index in [1.165, 1.54) is 23.5 Å². The molecule has 0 spiro atoms. The zero-order chi connectivity index (χ0) is 15.2. The zero-order valence-electron chi connectivity index (χ0n) is 10.9. The molecule has 0 saturated carbocycles. The van der Waals surface area contributed by atoms with Crippen molar-refractivity contribution >= 4 is 42.9 Å². The van der Waals surface area contributed by atoms with Gasteiger partial charge in [0.1, 0.15) is 10.7 Å². The van der Waals surface area contributed by atoms with E-state index in [-0.39, 0.29) is 23.2 Å².